The van der Waals surface area contributed by atoms with E-state index in [0.29, 0.717) is 53.1 Å². The number of thiazole rings is 1. The summed E-state index contributed by atoms with van der Waals surface area (Å²) in [7, 11) is 0. The monoisotopic (exact) mass is 455 g/mol. The van der Waals surface area contributed by atoms with E-state index >= 15 is 0 Å². The van der Waals surface area contributed by atoms with Crippen molar-refractivity contribution < 1.29 is 18.7 Å². The number of hydrogen-bond donors (Lipinski definition) is 1. The van der Waals surface area contributed by atoms with Gasteiger partial charge in [-0.1, -0.05) is 29.2 Å². The molecule has 31 heavy (non-hydrogen) atoms. The first-order valence-corrected chi connectivity index (χ1v) is 11.2. The Bertz CT molecular complexity index is 1210. The first-order chi connectivity index (χ1) is 15.2. The standard InChI is InChI=1S/C20H17N5O4S2/c1-2-5-25-18(13-4-3-6-27-13)23-24-20(25)30-11-17(26)22-19-21-12-9-14-15(10-16(12)31-19)29-8-7-28-14/h2-4,6,9-10H,1,5,7-8,11H2,(H,21,22,26). The number of nitrogens with zero attached hydrogens (tertiary/aromatic N) is 4. The van der Waals surface area contributed by atoms with Crippen LogP contribution in [0.3, 0.4) is 0 Å². The number of rotatable bonds is 7. The van der Waals surface area contributed by atoms with Crippen LogP contribution in [-0.4, -0.2) is 44.6 Å². The van der Waals surface area contributed by atoms with Crippen molar-refractivity contribution >= 4 is 44.4 Å². The molecule has 158 valence electrons. The van der Waals surface area contributed by atoms with Crippen molar-refractivity contribution in [3.63, 3.8) is 0 Å². The third kappa shape index (κ3) is 4.01. The van der Waals surface area contributed by atoms with Crippen molar-refractivity contribution in [1.82, 2.24) is 19.7 Å². The summed E-state index contributed by atoms with van der Waals surface area (Å²) in [4.78, 5) is 17.0. The van der Waals surface area contributed by atoms with Crippen LogP contribution in [0.5, 0.6) is 11.5 Å². The number of amides is 1. The van der Waals surface area contributed by atoms with E-state index in [9.17, 15) is 4.79 Å². The van der Waals surface area contributed by atoms with Crippen LogP contribution in [-0.2, 0) is 11.3 Å². The Kier molecular flexibility index (Phi) is 5.35. The molecule has 0 spiro atoms. The zero-order chi connectivity index (χ0) is 21.2. The van der Waals surface area contributed by atoms with Gasteiger partial charge in [-0.2, -0.15) is 0 Å². The fourth-order valence-electron chi connectivity index (χ4n) is 3.08. The van der Waals surface area contributed by atoms with Gasteiger partial charge in [-0.05, 0) is 12.1 Å². The van der Waals surface area contributed by atoms with Crippen LogP contribution in [0.15, 0.2) is 52.8 Å². The second-order valence-electron chi connectivity index (χ2n) is 6.50. The largest absolute Gasteiger partial charge is 0.486 e. The zero-order valence-corrected chi connectivity index (χ0v) is 17.9. The molecule has 4 aromatic rings. The lowest BCUT2D eigenvalue weighted by molar-refractivity contribution is -0.113. The summed E-state index contributed by atoms with van der Waals surface area (Å²) in [5.41, 5.74) is 0.756. The SMILES string of the molecule is C=CCn1c(SCC(=O)Nc2nc3cc4c(cc3s2)OCCO4)nnc1-c1ccco1. The van der Waals surface area contributed by atoms with Crippen molar-refractivity contribution in [1.29, 1.82) is 0 Å². The molecular weight excluding hydrogens is 438 g/mol. The minimum atomic E-state index is -0.186. The number of anilines is 1. The van der Waals surface area contributed by atoms with Gasteiger partial charge in [0.15, 0.2) is 27.5 Å². The molecule has 5 rings (SSSR count). The summed E-state index contributed by atoms with van der Waals surface area (Å²) in [5, 5.41) is 12.4. The molecular formula is C20H17N5O4S2. The summed E-state index contributed by atoms with van der Waals surface area (Å²) < 4.78 is 19.4. The average Bonchev–Trinajstić information content (AvgIpc) is 3.50. The Morgan fingerprint density at radius 1 is 1.29 bits per heavy atom. The van der Waals surface area contributed by atoms with E-state index in [4.69, 9.17) is 13.9 Å². The van der Waals surface area contributed by atoms with E-state index in [1.165, 1.54) is 23.1 Å². The van der Waals surface area contributed by atoms with Gasteiger partial charge in [-0.15, -0.1) is 16.8 Å². The highest BCUT2D eigenvalue weighted by molar-refractivity contribution is 7.99. The van der Waals surface area contributed by atoms with Crippen molar-refractivity contribution in [2.45, 2.75) is 11.7 Å². The Labute approximate surface area is 185 Å². The van der Waals surface area contributed by atoms with Gasteiger partial charge < -0.3 is 19.2 Å². The lowest BCUT2D eigenvalue weighted by Crippen LogP contribution is -2.15. The zero-order valence-electron chi connectivity index (χ0n) is 16.2. The number of carbonyl (C=O) groups excluding carboxylic acids is 1. The van der Waals surface area contributed by atoms with E-state index in [0.717, 1.165) is 10.2 Å². The van der Waals surface area contributed by atoms with Crippen LogP contribution < -0.4 is 14.8 Å². The van der Waals surface area contributed by atoms with E-state index in [-0.39, 0.29) is 11.7 Å². The van der Waals surface area contributed by atoms with E-state index in [1.807, 2.05) is 22.8 Å². The molecule has 4 heterocycles. The van der Waals surface area contributed by atoms with Gasteiger partial charge in [-0.25, -0.2) is 4.98 Å². The highest BCUT2D eigenvalue weighted by Gasteiger charge is 2.18. The Hall–Kier alpha value is -3.31. The quantitative estimate of drug-likeness (QED) is 0.331. The number of carbonyl (C=O) groups is 1. The molecule has 0 bridgehead atoms. The number of fused-ring (bicyclic) bond motifs is 2. The van der Waals surface area contributed by atoms with Gasteiger partial charge in [-0.3, -0.25) is 9.36 Å². The molecule has 0 aliphatic carbocycles. The number of allylic oxidation sites excluding steroid dienone is 1. The van der Waals surface area contributed by atoms with Crippen molar-refractivity contribution in [3.05, 3.63) is 43.2 Å². The van der Waals surface area contributed by atoms with Crippen molar-refractivity contribution in [2.75, 3.05) is 24.3 Å². The summed E-state index contributed by atoms with van der Waals surface area (Å²) in [6.07, 6.45) is 3.32. The molecule has 3 aromatic heterocycles. The molecule has 1 aliphatic heterocycles. The molecule has 0 saturated carbocycles. The summed E-state index contributed by atoms with van der Waals surface area (Å²) in [6, 6.07) is 7.32. The number of thioether (sulfide) groups is 1. The van der Waals surface area contributed by atoms with Crippen LogP contribution in [0.1, 0.15) is 0 Å². The molecule has 1 amide bonds. The van der Waals surface area contributed by atoms with Crippen LogP contribution >= 0.6 is 23.1 Å². The Morgan fingerprint density at radius 3 is 2.90 bits per heavy atom. The average molecular weight is 456 g/mol. The maximum absolute atomic E-state index is 12.5. The van der Waals surface area contributed by atoms with Crippen LogP contribution in [0, 0.1) is 0 Å². The number of hydrogen-bond acceptors (Lipinski definition) is 9. The predicted octanol–water partition coefficient (Wildman–Crippen LogP) is 3.84. The number of aromatic nitrogens is 4. The lowest BCUT2D eigenvalue weighted by Gasteiger charge is -2.17. The molecule has 9 nitrogen and oxygen atoms in total. The lowest BCUT2D eigenvalue weighted by atomic mass is 10.3. The van der Waals surface area contributed by atoms with Crippen molar-refractivity contribution in [2.24, 2.45) is 0 Å². The van der Waals surface area contributed by atoms with E-state index in [1.54, 1.807) is 18.4 Å². The van der Waals surface area contributed by atoms with E-state index < -0.39 is 0 Å². The molecule has 0 unspecified atom stereocenters. The molecule has 0 radical (unpaired) electrons. The third-order valence-electron chi connectivity index (χ3n) is 4.40. The number of benzene rings is 1. The Balaban J connectivity index is 1.27. The first kappa shape index (κ1) is 19.6. The molecule has 1 N–H and O–H groups in total. The normalized spacial score (nSPS) is 12.8. The number of nitrogens with one attached hydrogen (secondary N) is 1. The predicted molar refractivity (Wildman–Crippen MR) is 118 cm³/mol. The second kappa shape index (κ2) is 8.44. The molecule has 0 atom stereocenters. The third-order valence-corrected chi connectivity index (χ3v) is 6.30. The number of ether oxygens (including phenoxy) is 2. The van der Waals surface area contributed by atoms with Gasteiger partial charge in [0.25, 0.3) is 0 Å². The fourth-order valence-corrected chi connectivity index (χ4v) is 4.72. The molecule has 11 heteroatoms. The summed E-state index contributed by atoms with van der Waals surface area (Å²) in [6.45, 7) is 5.32. The smallest absolute Gasteiger partial charge is 0.236 e. The number of furan rings is 1. The minimum absolute atomic E-state index is 0.159. The van der Waals surface area contributed by atoms with Crippen LogP contribution in [0.2, 0.25) is 0 Å². The van der Waals surface area contributed by atoms with E-state index in [2.05, 4.69) is 27.1 Å². The molecule has 1 aromatic carbocycles. The second-order valence-corrected chi connectivity index (χ2v) is 8.48. The maximum Gasteiger partial charge on any atom is 0.236 e. The molecule has 0 fully saturated rings. The van der Waals surface area contributed by atoms with Gasteiger partial charge in [0.2, 0.25) is 11.7 Å². The highest BCUT2D eigenvalue weighted by Crippen LogP contribution is 2.38. The topological polar surface area (TPSA) is 104 Å². The van der Waals surface area contributed by atoms with Crippen LogP contribution in [0.4, 0.5) is 5.13 Å². The first-order valence-electron chi connectivity index (χ1n) is 9.42. The van der Waals surface area contributed by atoms with Gasteiger partial charge in [0, 0.05) is 18.7 Å². The minimum Gasteiger partial charge on any atom is -0.486 e. The summed E-state index contributed by atoms with van der Waals surface area (Å²) in [5.74, 6) is 2.54. The maximum atomic E-state index is 12.5. The molecule has 1 aliphatic rings. The van der Waals surface area contributed by atoms with Gasteiger partial charge in [0.05, 0.1) is 22.2 Å². The highest BCUT2D eigenvalue weighted by atomic mass is 32.2. The summed E-state index contributed by atoms with van der Waals surface area (Å²) >= 11 is 2.67. The molecule has 0 saturated heterocycles. The van der Waals surface area contributed by atoms with Crippen molar-refractivity contribution in [3.8, 4) is 23.1 Å². The Morgan fingerprint density at radius 2 is 2.13 bits per heavy atom. The fraction of sp³-hybridized carbons (Fsp3) is 0.200. The van der Waals surface area contributed by atoms with Gasteiger partial charge >= 0.3 is 0 Å². The van der Waals surface area contributed by atoms with Crippen LogP contribution in [0.25, 0.3) is 21.8 Å². The van der Waals surface area contributed by atoms with Gasteiger partial charge in [0.1, 0.15) is 13.2 Å².